The van der Waals surface area contributed by atoms with Gasteiger partial charge in [-0.3, -0.25) is 0 Å². The summed E-state index contributed by atoms with van der Waals surface area (Å²) in [6.45, 7) is 0. The Balaban J connectivity index is -0.000000419. The van der Waals surface area contributed by atoms with E-state index >= 15 is 0 Å². The molecule has 0 aromatic carbocycles. The van der Waals surface area contributed by atoms with Gasteiger partial charge in [-0.15, -0.1) is 0 Å². The summed E-state index contributed by atoms with van der Waals surface area (Å²) in [4.78, 5) is 0. The second kappa shape index (κ2) is 18.7. The van der Waals surface area contributed by atoms with E-state index in [1.54, 1.807) is 0 Å². The van der Waals surface area contributed by atoms with Crippen LogP contribution in [0.2, 0.25) is 0 Å². The number of halogens is 30. The number of hydrogen-bond donors (Lipinski definition) is 0. The molecule has 0 saturated carbocycles. The Morgan fingerprint density at radius 1 is 0.188 bits per heavy atom. The quantitative estimate of drug-likeness (QED) is 0.148. The molecule has 64 heavy (non-hydrogen) atoms. The van der Waals surface area contributed by atoms with Crippen LogP contribution in [0.5, 0.6) is 0 Å². The van der Waals surface area contributed by atoms with Gasteiger partial charge in [-0.05, 0) is 0 Å². The third kappa shape index (κ3) is 13.7. The molecular formula is C12F30N3O12S6Sb. The predicted octanol–water partition coefficient (Wildman–Crippen LogP) is 6.61. The van der Waals surface area contributed by atoms with Crippen molar-refractivity contribution in [1.82, 2.24) is 0 Å². The van der Waals surface area contributed by atoms with Crippen molar-refractivity contribution < 1.29 is 182 Å². The first kappa shape index (κ1) is 68.9. The molecule has 2 radical (unpaired) electrons. The fraction of sp³-hybridized carbons (Fsp3) is 1.00. The Bertz CT molecular complexity index is 1900. The standard InChI is InChI=1S/3C4F10NO4S2.Sb/c3*5-1(6,7)3(11,12)20(16,17)15-21(18,19)4(13,14)2(8,9)10;/q3*-1;+3. The van der Waals surface area contributed by atoms with E-state index < -0.39 is 129 Å². The summed E-state index contributed by atoms with van der Waals surface area (Å²) in [6, 6.07) is 0. The molecule has 0 fully saturated rings. The SMILES string of the molecule is O=S(=O)([N-]S(=O)(=O)C(F)(F)C(F)(F)F)C(F)(F)C(F)(F)F.O=S(=O)([N-]S(=O)(=O)C(F)(F)C(F)(F)F)C(F)(F)C(F)(F)F.O=S(=O)([N-]S(=O)(=O)C(F)(F)C(F)(F)F)C(F)(F)C(F)(F)F.[Sb+3]. The van der Waals surface area contributed by atoms with E-state index in [1.165, 1.54) is 0 Å². The number of rotatable bonds is 12. The van der Waals surface area contributed by atoms with Crippen LogP contribution in [0.1, 0.15) is 0 Å². The second-order valence-corrected chi connectivity index (χ2v) is 19.7. The summed E-state index contributed by atoms with van der Waals surface area (Å²) in [5.41, 5.74) is 0. The molecule has 0 spiro atoms. The first-order valence-electron chi connectivity index (χ1n) is 11.5. The molecule has 386 valence electrons. The zero-order valence-corrected chi connectivity index (χ0v) is 33.9. The Morgan fingerprint density at radius 2 is 0.250 bits per heavy atom. The van der Waals surface area contributed by atoms with E-state index in [0.717, 1.165) is 0 Å². The maximum atomic E-state index is 12.3. The maximum absolute atomic E-state index is 12.3. The van der Waals surface area contributed by atoms with E-state index in [4.69, 9.17) is 0 Å². The van der Waals surface area contributed by atoms with Gasteiger partial charge in [-0.25, -0.2) is 50.5 Å². The molecular weight excluding hydrogens is 1260 g/mol. The minimum absolute atomic E-state index is 0. The van der Waals surface area contributed by atoms with Crippen molar-refractivity contribution in [2.45, 2.75) is 68.6 Å². The third-order valence-electron chi connectivity index (χ3n) is 4.51. The van der Waals surface area contributed by atoms with Gasteiger partial charge in [-0.2, -0.15) is 132 Å². The van der Waals surface area contributed by atoms with Crippen molar-refractivity contribution in [2.75, 3.05) is 0 Å². The molecule has 0 saturated heterocycles. The largest absolute Gasteiger partial charge is 3.00 e. The van der Waals surface area contributed by atoms with Crippen LogP contribution in [0, 0.1) is 0 Å². The van der Waals surface area contributed by atoms with Crippen molar-refractivity contribution in [3.63, 3.8) is 0 Å². The molecule has 0 rings (SSSR count). The summed E-state index contributed by atoms with van der Waals surface area (Å²) in [6.07, 6.45) is -42.0. The summed E-state index contributed by atoms with van der Waals surface area (Å²) in [5, 5.41) is -41.9. The van der Waals surface area contributed by atoms with Gasteiger partial charge in [0.2, 0.25) is 0 Å². The monoisotopic (exact) mass is 1260 g/mol. The van der Waals surface area contributed by atoms with Gasteiger partial charge in [0.1, 0.15) is 0 Å². The molecule has 15 nitrogen and oxygen atoms in total. The molecule has 0 unspecified atom stereocenters. The van der Waals surface area contributed by atoms with E-state index in [-0.39, 0.29) is 24.4 Å². The maximum Gasteiger partial charge on any atom is 3.00 e. The Morgan fingerprint density at radius 3 is 0.297 bits per heavy atom. The molecule has 0 atom stereocenters. The minimum atomic E-state index is -7.62. The van der Waals surface area contributed by atoms with Gasteiger partial charge in [-0.1, -0.05) is 0 Å². The molecule has 0 N–H and O–H groups in total. The molecule has 0 aliphatic heterocycles. The average Bonchev–Trinajstić information content (AvgIpc) is 2.92. The first-order valence-corrected chi connectivity index (χ1v) is 20.1. The fourth-order valence-corrected chi connectivity index (χ4v) is 8.65. The van der Waals surface area contributed by atoms with E-state index in [2.05, 4.69) is 0 Å². The molecule has 0 bridgehead atoms. The van der Waals surface area contributed by atoms with Gasteiger partial charge in [0.15, 0.2) is 60.1 Å². The van der Waals surface area contributed by atoms with Crippen LogP contribution >= 0.6 is 0 Å². The van der Waals surface area contributed by atoms with E-state index in [1.807, 2.05) is 0 Å². The summed E-state index contributed by atoms with van der Waals surface area (Å²) < 4.78 is 483. The minimum Gasteiger partial charge on any atom is -0.425 e. The van der Waals surface area contributed by atoms with Gasteiger partial charge in [0, 0.05) is 0 Å². The summed E-state index contributed by atoms with van der Waals surface area (Å²) in [7, 11) is -45.7. The number of sulfonamides is 6. The zero-order chi connectivity index (χ0) is 53.1. The summed E-state index contributed by atoms with van der Waals surface area (Å²) >= 11 is 0. The number of hydrogen-bond acceptors (Lipinski definition) is 12. The van der Waals surface area contributed by atoms with Gasteiger partial charge < -0.3 is 12.4 Å². The van der Waals surface area contributed by atoms with Gasteiger partial charge >= 0.3 is 93.0 Å². The molecule has 0 aliphatic carbocycles. The zero-order valence-electron chi connectivity index (χ0n) is 26.5. The molecule has 52 heteroatoms. The van der Waals surface area contributed by atoms with Crippen molar-refractivity contribution in [1.29, 1.82) is 0 Å². The van der Waals surface area contributed by atoms with Crippen LogP contribution in [-0.4, -0.2) is 144 Å². The van der Waals surface area contributed by atoms with Crippen LogP contribution in [0.15, 0.2) is 0 Å². The normalized spacial score (nSPS) is 15.8. The summed E-state index contributed by atoms with van der Waals surface area (Å²) in [5.74, 6) is 0. The second-order valence-electron chi connectivity index (χ2n) is 9.16. The van der Waals surface area contributed by atoms with E-state index in [0.29, 0.717) is 12.4 Å². The topological polar surface area (TPSA) is 247 Å². The molecule has 0 aromatic rings. The number of nitrogens with zero attached hydrogens (tertiary/aromatic N) is 3. The van der Waals surface area contributed by atoms with Crippen molar-refractivity contribution in [2.24, 2.45) is 0 Å². The Labute approximate surface area is 347 Å². The molecule has 0 aliphatic rings. The fourth-order valence-electron chi connectivity index (χ4n) is 1.55. The Hall–Kier alpha value is -1.70. The van der Waals surface area contributed by atoms with Gasteiger partial charge in [0.25, 0.3) is 0 Å². The van der Waals surface area contributed by atoms with Crippen LogP contribution in [-0.2, 0) is 60.1 Å². The molecule has 0 aromatic heterocycles. The van der Waals surface area contributed by atoms with Crippen molar-refractivity contribution in [3.05, 3.63) is 12.4 Å². The van der Waals surface area contributed by atoms with Crippen LogP contribution < -0.4 is 0 Å². The van der Waals surface area contributed by atoms with Crippen LogP contribution in [0.4, 0.5) is 132 Å². The smallest absolute Gasteiger partial charge is 0.425 e. The molecule has 0 amide bonds. The van der Waals surface area contributed by atoms with Crippen LogP contribution in [0.25, 0.3) is 12.4 Å². The third-order valence-corrected chi connectivity index (χ3v) is 14.5. The average molecular weight is 1260 g/mol. The van der Waals surface area contributed by atoms with Gasteiger partial charge in [0.05, 0.1) is 0 Å². The van der Waals surface area contributed by atoms with E-state index in [9.17, 15) is 182 Å². The predicted molar refractivity (Wildman–Crippen MR) is 135 cm³/mol. The number of alkyl halides is 30. The molecule has 0 heterocycles. The van der Waals surface area contributed by atoms with Crippen molar-refractivity contribution >= 4 is 84.6 Å². The van der Waals surface area contributed by atoms with Crippen LogP contribution in [0.3, 0.4) is 0 Å². The Kier molecular flexibility index (Phi) is 20.1. The van der Waals surface area contributed by atoms with Crippen molar-refractivity contribution in [3.8, 4) is 0 Å². The first-order chi connectivity index (χ1) is 26.1.